The van der Waals surface area contributed by atoms with Crippen molar-refractivity contribution in [2.75, 3.05) is 0 Å². The van der Waals surface area contributed by atoms with Gasteiger partial charge < -0.3 is 20.3 Å². The monoisotopic (exact) mass is 281 g/mol. The molecule has 0 spiro atoms. The third kappa shape index (κ3) is 4.60. The van der Waals surface area contributed by atoms with Gasteiger partial charge in [-0.1, -0.05) is 30.3 Å². The van der Waals surface area contributed by atoms with Gasteiger partial charge in [0, 0.05) is 0 Å². The fraction of sp³-hybridized carbons (Fsp3) is 0.308. The molecule has 7 nitrogen and oxygen atoms in total. The molecule has 0 radical (unpaired) electrons. The van der Waals surface area contributed by atoms with Gasteiger partial charge in [0.25, 0.3) is 0 Å². The van der Waals surface area contributed by atoms with Gasteiger partial charge >= 0.3 is 18.0 Å². The summed E-state index contributed by atoms with van der Waals surface area (Å²) in [6, 6.07) is 7.27. The Labute approximate surface area is 115 Å². The van der Waals surface area contributed by atoms with E-state index in [9.17, 15) is 14.4 Å². The molecule has 0 saturated heterocycles. The lowest BCUT2D eigenvalue weighted by molar-refractivity contribution is -0.150. The van der Waals surface area contributed by atoms with E-state index in [1.54, 1.807) is 30.3 Å². The number of nitrogens with one attached hydrogen (secondary N) is 1. The summed E-state index contributed by atoms with van der Waals surface area (Å²) in [5.41, 5.74) is 0.737. The Bertz CT molecular complexity index is 487. The van der Waals surface area contributed by atoms with E-state index in [0.717, 1.165) is 5.56 Å². The van der Waals surface area contributed by atoms with E-state index in [1.807, 2.05) is 5.32 Å². The summed E-state index contributed by atoms with van der Waals surface area (Å²) >= 11 is 0. The number of ether oxygens (including phenoxy) is 1. The third-order valence-electron chi connectivity index (χ3n) is 2.64. The van der Waals surface area contributed by atoms with Gasteiger partial charge in [0.1, 0.15) is 12.6 Å². The van der Waals surface area contributed by atoms with Crippen LogP contribution in [-0.2, 0) is 20.9 Å². The molecule has 1 aromatic rings. The minimum atomic E-state index is -1.55. The molecule has 0 aromatic heterocycles. The first-order valence-electron chi connectivity index (χ1n) is 5.84. The number of rotatable bonds is 6. The van der Waals surface area contributed by atoms with Crippen LogP contribution >= 0.6 is 0 Å². The molecular weight excluding hydrogens is 266 g/mol. The van der Waals surface area contributed by atoms with Gasteiger partial charge in [0.05, 0.1) is 5.92 Å². The van der Waals surface area contributed by atoms with Crippen LogP contribution in [-0.4, -0.2) is 34.3 Å². The van der Waals surface area contributed by atoms with Crippen molar-refractivity contribution in [3.05, 3.63) is 35.9 Å². The lowest BCUT2D eigenvalue weighted by atomic mass is 10.0. The van der Waals surface area contributed by atoms with Gasteiger partial charge in [0.15, 0.2) is 0 Å². The van der Waals surface area contributed by atoms with Gasteiger partial charge in [-0.25, -0.2) is 9.59 Å². The second kappa shape index (κ2) is 7.13. The lowest BCUT2D eigenvalue weighted by Crippen LogP contribution is -2.47. The number of carboxylic acid groups (broad SMARTS) is 2. The maximum Gasteiger partial charge on any atom is 0.408 e. The quantitative estimate of drug-likeness (QED) is 0.719. The van der Waals surface area contributed by atoms with E-state index >= 15 is 0 Å². The zero-order valence-electron chi connectivity index (χ0n) is 10.8. The van der Waals surface area contributed by atoms with Crippen molar-refractivity contribution in [1.29, 1.82) is 0 Å². The van der Waals surface area contributed by atoms with Crippen molar-refractivity contribution >= 4 is 18.0 Å². The SMILES string of the molecule is CC(C(=O)O)C(NC(=O)OCc1ccccc1)C(=O)O. The van der Waals surface area contributed by atoms with Crippen LogP contribution in [0.5, 0.6) is 0 Å². The van der Waals surface area contributed by atoms with Crippen LogP contribution in [0.1, 0.15) is 12.5 Å². The Kier molecular flexibility index (Phi) is 5.52. The smallest absolute Gasteiger partial charge is 0.408 e. The Morgan fingerprint density at radius 2 is 1.75 bits per heavy atom. The van der Waals surface area contributed by atoms with Gasteiger partial charge in [-0.3, -0.25) is 4.79 Å². The minimum absolute atomic E-state index is 0.0273. The molecular formula is C13H15NO6. The molecule has 0 aliphatic heterocycles. The van der Waals surface area contributed by atoms with E-state index in [1.165, 1.54) is 6.92 Å². The maximum absolute atomic E-state index is 11.5. The normalized spacial score (nSPS) is 13.1. The first-order chi connectivity index (χ1) is 9.41. The number of hydrogen-bond acceptors (Lipinski definition) is 4. The van der Waals surface area contributed by atoms with Crippen LogP contribution in [0.15, 0.2) is 30.3 Å². The summed E-state index contributed by atoms with van der Waals surface area (Å²) in [6.07, 6.45) is -0.977. The Morgan fingerprint density at radius 1 is 1.15 bits per heavy atom. The second-order valence-electron chi connectivity index (χ2n) is 4.15. The largest absolute Gasteiger partial charge is 0.481 e. The molecule has 0 aliphatic rings. The number of carboxylic acids is 2. The summed E-state index contributed by atoms with van der Waals surface area (Å²) in [5.74, 6) is -4.02. The van der Waals surface area contributed by atoms with Gasteiger partial charge in [0.2, 0.25) is 0 Å². The molecule has 3 N–H and O–H groups in total. The van der Waals surface area contributed by atoms with Crippen LogP contribution in [0.4, 0.5) is 4.79 Å². The number of carbonyl (C=O) groups is 3. The van der Waals surface area contributed by atoms with Crippen LogP contribution in [0, 0.1) is 5.92 Å². The Hall–Kier alpha value is -2.57. The molecule has 0 saturated carbocycles. The van der Waals surface area contributed by atoms with Crippen LogP contribution in [0.2, 0.25) is 0 Å². The van der Waals surface area contributed by atoms with Crippen molar-refractivity contribution in [3.63, 3.8) is 0 Å². The van der Waals surface area contributed by atoms with Crippen LogP contribution in [0.25, 0.3) is 0 Å². The molecule has 1 amide bonds. The third-order valence-corrected chi connectivity index (χ3v) is 2.64. The van der Waals surface area contributed by atoms with E-state index in [2.05, 4.69) is 0 Å². The Morgan fingerprint density at radius 3 is 2.25 bits per heavy atom. The van der Waals surface area contributed by atoms with Crippen molar-refractivity contribution < 1.29 is 29.3 Å². The molecule has 2 atom stereocenters. The molecule has 0 bridgehead atoms. The molecule has 2 unspecified atom stereocenters. The molecule has 1 aromatic carbocycles. The maximum atomic E-state index is 11.5. The van der Waals surface area contributed by atoms with Crippen molar-refractivity contribution in [1.82, 2.24) is 5.32 Å². The molecule has 0 heterocycles. The minimum Gasteiger partial charge on any atom is -0.481 e. The number of benzene rings is 1. The highest BCUT2D eigenvalue weighted by molar-refractivity contribution is 5.85. The predicted molar refractivity (Wildman–Crippen MR) is 68.0 cm³/mol. The van der Waals surface area contributed by atoms with E-state index in [-0.39, 0.29) is 6.61 Å². The summed E-state index contributed by atoms with van der Waals surface area (Å²) in [5, 5.41) is 19.7. The molecule has 7 heteroatoms. The number of alkyl carbamates (subject to hydrolysis) is 1. The van der Waals surface area contributed by atoms with Crippen LogP contribution in [0.3, 0.4) is 0 Å². The second-order valence-corrected chi connectivity index (χ2v) is 4.15. The fourth-order valence-electron chi connectivity index (χ4n) is 1.43. The highest BCUT2D eigenvalue weighted by Crippen LogP contribution is 2.05. The first-order valence-corrected chi connectivity index (χ1v) is 5.84. The average molecular weight is 281 g/mol. The molecule has 0 aliphatic carbocycles. The highest BCUT2D eigenvalue weighted by atomic mass is 16.5. The Balaban J connectivity index is 2.54. The van der Waals surface area contributed by atoms with E-state index in [4.69, 9.17) is 14.9 Å². The fourth-order valence-corrected chi connectivity index (χ4v) is 1.43. The van der Waals surface area contributed by atoms with E-state index < -0.39 is 30.0 Å². The zero-order valence-corrected chi connectivity index (χ0v) is 10.8. The number of amides is 1. The molecule has 108 valence electrons. The molecule has 20 heavy (non-hydrogen) atoms. The number of carbonyl (C=O) groups excluding carboxylic acids is 1. The topological polar surface area (TPSA) is 113 Å². The summed E-state index contributed by atoms with van der Waals surface area (Å²) in [7, 11) is 0. The first kappa shape index (κ1) is 15.5. The number of aliphatic carboxylic acids is 2. The van der Waals surface area contributed by atoms with Gasteiger partial charge in [-0.2, -0.15) is 0 Å². The van der Waals surface area contributed by atoms with Crippen molar-refractivity contribution in [3.8, 4) is 0 Å². The van der Waals surface area contributed by atoms with E-state index in [0.29, 0.717) is 0 Å². The number of hydrogen-bond donors (Lipinski definition) is 3. The van der Waals surface area contributed by atoms with Gasteiger partial charge in [-0.15, -0.1) is 0 Å². The van der Waals surface area contributed by atoms with Crippen molar-refractivity contribution in [2.45, 2.75) is 19.6 Å². The predicted octanol–water partition coefficient (Wildman–Crippen LogP) is 1.09. The highest BCUT2D eigenvalue weighted by Gasteiger charge is 2.31. The summed E-state index contributed by atoms with van der Waals surface area (Å²) in [4.78, 5) is 33.1. The lowest BCUT2D eigenvalue weighted by Gasteiger charge is -2.17. The van der Waals surface area contributed by atoms with Crippen molar-refractivity contribution in [2.24, 2.45) is 5.92 Å². The average Bonchev–Trinajstić information content (AvgIpc) is 2.42. The standard InChI is InChI=1S/C13H15NO6/c1-8(11(15)16)10(12(17)18)14-13(19)20-7-9-5-3-2-4-6-9/h2-6,8,10H,7H2,1H3,(H,14,19)(H,15,16)(H,17,18). The molecule has 0 fully saturated rings. The molecule has 1 rings (SSSR count). The van der Waals surface area contributed by atoms with Crippen LogP contribution < -0.4 is 5.32 Å². The summed E-state index contributed by atoms with van der Waals surface area (Å²) in [6.45, 7) is 1.17. The summed E-state index contributed by atoms with van der Waals surface area (Å²) < 4.78 is 4.83. The van der Waals surface area contributed by atoms with Gasteiger partial charge in [-0.05, 0) is 12.5 Å². The zero-order chi connectivity index (χ0) is 15.1.